The van der Waals surface area contributed by atoms with Crippen LogP contribution in [-0.4, -0.2) is 52.5 Å². The molecule has 0 saturated carbocycles. The maximum absolute atomic E-state index is 12.7. The van der Waals surface area contributed by atoms with Crippen molar-refractivity contribution in [3.05, 3.63) is 119 Å². The number of aliphatic hydroxyl groups is 1. The summed E-state index contributed by atoms with van der Waals surface area (Å²) in [6.45, 7) is 16.0. The molecule has 0 unspecified atom stereocenters. The number of nitrogens with zero attached hydrogens (tertiary/aromatic N) is 3. The summed E-state index contributed by atoms with van der Waals surface area (Å²) in [6.07, 6.45) is 13.1. The van der Waals surface area contributed by atoms with Crippen LogP contribution in [0.5, 0.6) is 0 Å². The maximum atomic E-state index is 12.7. The van der Waals surface area contributed by atoms with Gasteiger partial charge >= 0.3 is 0 Å². The number of fused-ring (bicyclic) bond motifs is 2. The van der Waals surface area contributed by atoms with Crippen molar-refractivity contribution in [2.24, 2.45) is 0 Å². The lowest BCUT2D eigenvalue weighted by atomic mass is 9.81. The van der Waals surface area contributed by atoms with E-state index in [1.807, 2.05) is 12.1 Å². The van der Waals surface area contributed by atoms with Crippen molar-refractivity contribution >= 4 is 28.6 Å². The fourth-order valence-corrected chi connectivity index (χ4v) is 6.86. The molecule has 6 heteroatoms. The van der Waals surface area contributed by atoms with Gasteiger partial charge in [0.25, 0.3) is 5.91 Å². The molecule has 1 amide bonds. The molecule has 0 aliphatic carbocycles. The van der Waals surface area contributed by atoms with Crippen LogP contribution < -0.4 is 10.2 Å². The Morgan fingerprint density at radius 2 is 1.70 bits per heavy atom. The van der Waals surface area contributed by atoms with Gasteiger partial charge in [0.05, 0.1) is 16.7 Å². The summed E-state index contributed by atoms with van der Waals surface area (Å²) in [6, 6.07) is 21.2. The number of carbonyl (C=O) groups is 1. The molecule has 0 radical (unpaired) electrons. The molecule has 0 fully saturated rings. The van der Waals surface area contributed by atoms with Crippen molar-refractivity contribution in [1.82, 2.24) is 10.3 Å². The highest BCUT2D eigenvalue weighted by Crippen LogP contribution is 2.47. The molecule has 240 valence electrons. The van der Waals surface area contributed by atoms with E-state index in [9.17, 15) is 4.79 Å². The number of para-hydroxylation sites is 2. The lowest BCUT2D eigenvalue weighted by molar-refractivity contribution is -0.437. The van der Waals surface area contributed by atoms with E-state index in [0.717, 1.165) is 37.2 Å². The second-order valence-corrected chi connectivity index (χ2v) is 13.2. The van der Waals surface area contributed by atoms with Crippen LogP contribution in [0.3, 0.4) is 0 Å². The Kier molecular flexibility index (Phi) is 10.1. The first-order valence-corrected chi connectivity index (χ1v) is 16.7. The van der Waals surface area contributed by atoms with E-state index in [1.165, 1.54) is 33.9 Å². The fraction of sp³-hybridized carbons (Fsp3) is 0.375. The van der Waals surface area contributed by atoms with Gasteiger partial charge in [0.1, 0.15) is 6.54 Å². The number of rotatable bonds is 12. The number of pyridine rings is 1. The Bertz CT molecular complexity index is 1690. The van der Waals surface area contributed by atoms with Gasteiger partial charge in [0, 0.05) is 72.4 Å². The van der Waals surface area contributed by atoms with Crippen LogP contribution in [-0.2, 0) is 10.8 Å². The zero-order chi connectivity index (χ0) is 32.9. The van der Waals surface area contributed by atoms with Crippen LogP contribution in [0.1, 0.15) is 88.0 Å². The number of anilines is 1. The number of aromatic nitrogens is 1. The van der Waals surface area contributed by atoms with E-state index in [2.05, 4.69) is 129 Å². The third-order valence-corrected chi connectivity index (χ3v) is 9.28. The normalized spacial score (nSPS) is 17.6. The number of allylic oxidation sites excluding steroid dienone is 6. The second-order valence-electron chi connectivity index (χ2n) is 13.2. The number of hydrogen-bond donors (Lipinski definition) is 2. The fourth-order valence-electron chi connectivity index (χ4n) is 6.86. The number of nitrogens with one attached hydrogen (secondary N) is 1. The molecule has 5 rings (SSSR count). The summed E-state index contributed by atoms with van der Waals surface area (Å²) in [7, 11) is 0. The lowest BCUT2D eigenvalue weighted by Crippen LogP contribution is -2.27. The SMILES string of the molecule is CCCN1/C(=C/C=C(/C=C/C2=[N+](CCC)c3ccccc3C2(C)C)c2ccc(C(=O)NCCCO)cn2)C(C)(C)c2ccccc21. The van der Waals surface area contributed by atoms with Crippen molar-refractivity contribution in [3.63, 3.8) is 0 Å². The van der Waals surface area contributed by atoms with Gasteiger partial charge in [-0.25, -0.2) is 0 Å². The zero-order valence-corrected chi connectivity index (χ0v) is 28.3. The molecular formula is C40H49N4O2+. The average Bonchev–Trinajstić information content (AvgIpc) is 3.40. The smallest absolute Gasteiger partial charge is 0.252 e. The Hall–Kier alpha value is -4.29. The van der Waals surface area contributed by atoms with Crippen molar-refractivity contribution in [2.75, 3.05) is 31.1 Å². The molecule has 1 aromatic heterocycles. The molecule has 46 heavy (non-hydrogen) atoms. The van der Waals surface area contributed by atoms with Gasteiger partial charge < -0.3 is 15.3 Å². The highest BCUT2D eigenvalue weighted by Gasteiger charge is 2.44. The molecule has 2 aliphatic heterocycles. The molecule has 0 bridgehead atoms. The van der Waals surface area contributed by atoms with Gasteiger partial charge in [-0.05, 0) is 62.6 Å². The molecule has 2 aliphatic rings. The molecule has 0 spiro atoms. The quantitative estimate of drug-likeness (QED) is 0.124. The summed E-state index contributed by atoms with van der Waals surface area (Å²) >= 11 is 0. The molecule has 3 heterocycles. The Balaban J connectivity index is 1.59. The second kappa shape index (κ2) is 14.0. The number of hydrogen-bond acceptors (Lipinski definition) is 4. The molecular weight excluding hydrogens is 568 g/mol. The van der Waals surface area contributed by atoms with Crippen molar-refractivity contribution in [1.29, 1.82) is 0 Å². The highest BCUT2D eigenvalue weighted by molar-refractivity contribution is 6.04. The number of amides is 1. The summed E-state index contributed by atoms with van der Waals surface area (Å²) in [4.78, 5) is 19.9. The highest BCUT2D eigenvalue weighted by atomic mass is 16.3. The summed E-state index contributed by atoms with van der Waals surface area (Å²) in [5, 5.41) is 11.9. The minimum atomic E-state index is -0.187. The van der Waals surface area contributed by atoms with E-state index in [0.29, 0.717) is 18.5 Å². The average molecular weight is 618 g/mol. The van der Waals surface area contributed by atoms with Crippen LogP contribution in [0.25, 0.3) is 5.57 Å². The number of aliphatic hydroxyl groups excluding tert-OH is 1. The first-order valence-electron chi connectivity index (χ1n) is 16.7. The van der Waals surface area contributed by atoms with Crippen LogP contribution in [0.15, 0.2) is 96.9 Å². The Morgan fingerprint density at radius 1 is 0.957 bits per heavy atom. The minimum absolute atomic E-state index is 0.0433. The standard InChI is InChI=1S/C40H48N4O2/c1-7-25-43-34-16-11-9-14-31(34)39(3,4)36(43)22-19-29(33-21-18-30(28-42-33)38(46)41-24-13-27-45)20-23-37-40(5,6)32-15-10-12-17-35(32)44(37)26-8-2/h9-12,14-23,28,45H,7-8,13,24-27H2,1-6H3/p+1. The van der Waals surface area contributed by atoms with Crippen molar-refractivity contribution in [3.8, 4) is 0 Å². The molecule has 2 aromatic carbocycles. The molecule has 6 nitrogen and oxygen atoms in total. The minimum Gasteiger partial charge on any atom is -0.396 e. The zero-order valence-electron chi connectivity index (χ0n) is 28.3. The van der Waals surface area contributed by atoms with Gasteiger partial charge in [0.15, 0.2) is 5.71 Å². The molecule has 0 atom stereocenters. The first kappa shape index (κ1) is 33.1. The summed E-state index contributed by atoms with van der Waals surface area (Å²) < 4.78 is 2.45. The van der Waals surface area contributed by atoms with E-state index >= 15 is 0 Å². The molecule has 3 aromatic rings. The predicted molar refractivity (Wildman–Crippen MR) is 190 cm³/mol. The molecule has 0 saturated heterocycles. The predicted octanol–water partition coefficient (Wildman–Crippen LogP) is 7.71. The van der Waals surface area contributed by atoms with Crippen LogP contribution in [0.2, 0.25) is 0 Å². The Morgan fingerprint density at radius 3 is 2.39 bits per heavy atom. The van der Waals surface area contributed by atoms with Crippen LogP contribution >= 0.6 is 0 Å². The lowest BCUT2D eigenvalue weighted by Gasteiger charge is -2.26. The van der Waals surface area contributed by atoms with E-state index in [1.54, 1.807) is 6.20 Å². The van der Waals surface area contributed by atoms with E-state index in [-0.39, 0.29) is 23.3 Å². The van der Waals surface area contributed by atoms with Gasteiger partial charge in [-0.15, -0.1) is 0 Å². The number of carbonyl (C=O) groups excluding carboxylic acids is 1. The number of benzene rings is 2. The first-order chi connectivity index (χ1) is 22.1. The van der Waals surface area contributed by atoms with Crippen molar-refractivity contribution < 1.29 is 14.5 Å². The molecule has 2 N–H and O–H groups in total. The van der Waals surface area contributed by atoms with E-state index < -0.39 is 0 Å². The van der Waals surface area contributed by atoms with Crippen molar-refractivity contribution in [2.45, 2.75) is 71.6 Å². The largest absolute Gasteiger partial charge is 0.396 e. The van der Waals surface area contributed by atoms with Gasteiger partial charge in [-0.1, -0.05) is 70.2 Å². The third kappa shape index (κ3) is 6.36. The topological polar surface area (TPSA) is 68.5 Å². The van der Waals surface area contributed by atoms with Gasteiger partial charge in [0.2, 0.25) is 5.69 Å². The maximum Gasteiger partial charge on any atom is 0.252 e. The van der Waals surface area contributed by atoms with Gasteiger partial charge in [-0.3, -0.25) is 9.78 Å². The third-order valence-electron chi connectivity index (χ3n) is 9.28. The van der Waals surface area contributed by atoms with Crippen LogP contribution in [0.4, 0.5) is 11.4 Å². The van der Waals surface area contributed by atoms with Gasteiger partial charge in [-0.2, -0.15) is 4.58 Å². The van der Waals surface area contributed by atoms with E-state index in [4.69, 9.17) is 10.1 Å². The summed E-state index contributed by atoms with van der Waals surface area (Å²) in [5.74, 6) is -0.187. The van der Waals surface area contributed by atoms with Crippen LogP contribution in [0, 0.1) is 0 Å². The summed E-state index contributed by atoms with van der Waals surface area (Å²) in [5.41, 5.74) is 9.72. The Labute approximate surface area is 274 Å². The monoisotopic (exact) mass is 617 g/mol.